The molecular formula is C20H26FN2O6P. The van der Waals surface area contributed by atoms with Crippen LogP contribution in [0.3, 0.4) is 0 Å². The van der Waals surface area contributed by atoms with Crippen LogP contribution in [0.25, 0.3) is 0 Å². The van der Waals surface area contributed by atoms with Crippen molar-refractivity contribution in [1.29, 1.82) is 5.26 Å². The second-order valence-corrected chi connectivity index (χ2v) is 7.96. The van der Waals surface area contributed by atoms with Gasteiger partial charge in [-0.15, -0.1) is 0 Å². The van der Waals surface area contributed by atoms with Crippen LogP contribution in [0.1, 0.15) is 35.1 Å². The van der Waals surface area contributed by atoms with Gasteiger partial charge >= 0.3 is 7.82 Å². The smallest absolute Gasteiger partial charge is 0.392 e. The van der Waals surface area contributed by atoms with E-state index in [2.05, 4.69) is 0 Å². The molecule has 0 aliphatic heterocycles. The van der Waals surface area contributed by atoms with Gasteiger partial charge in [-0.3, -0.25) is 0 Å². The normalized spacial score (nSPS) is 13.2. The highest BCUT2D eigenvalue weighted by Crippen LogP contribution is 2.36. The molecule has 2 aromatic carbocycles. The maximum absolute atomic E-state index is 13.3. The van der Waals surface area contributed by atoms with Crippen LogP contribution in [0.5, 0.6) is 0 Å². The monoisotopic (exact) mass is 440 g/mol. The standard InChI is InChI=1S/C20H23FN2O2.H3O4P/c1-23(2)11-3-10-20(25,17-5-7-18(21)8-6-17)19-9-4-15(13-22)12-16(19)14-24;1-5(2,3)4/h4-9,12,24-25H,3,10-11,14H2,1-2H3;(H3,1,2,3,4). The van der Waals surface area contributed by atoms with Gasteiger partial charge in [0.05, 0.1) is 18.2 Å². The quantitative estimate of drug-likeness (QED) is 0.410. The van der Waals surface area contributed by atoms with E-state index in [1.165, 1.54) is 12.1 Å². The molecular weight excluding hydrogens is 414 g/mol. The molecule has 1 atom stereocenters. The number of halogens is 1. The summed E-state index contributed by atoms with van der Waals surface area (Å²) in [4.78, 5) is 23.6. The van der Waals surface area contributed by atoms with Crippen molar-refractivity contribution in [2.24, 2.45) is 0 Å². The van der Waals surface area contributed by atoms with Gasteiger partial charge in [0.2, 0.25) is 0 Å². The van der Waals surface area contributed by atoms with Crippen molar-refractivity contribution in [3.05, 3.63) is 70.5 Å². The van der Waals surface area contributed by atoms with E-state index in [0.717, 1.165) is 6.54 Å². The zero-order chi connectivity index (χ0) is 22.9. The largest absolute Gasteiger partial charge is 0.466 e. The molecule has 0 bridgehead atoms. The summed E-state index contributed by atoms with van der Waals surface area (Å²) in [5.74, 6) is -0.374. The lowest BCUT2D eigenvalue weighted by atomic mass is 9.80. The lowest BCUT2D eigenvalue weighted by Gasteiger charge is -2.32. The molecule has 0 heterocycles. The summed E-state index contributed by atoms with van der Waals surface area (Å²) in [6.07, 6.45) is 1.13. The Labute approximate surface area is 174 Å². The van der Waals surface area contributed by atoms with Gasteiger partial charge in [0.1, 0.15) is 11.4 Å². The average Bonchev–Trinajstić information content (AvgIpc) is 2.66. The first-order valence-electron chi connectivity index (χ1n) is 8.96. The Bertz CT molecular complexity index is 902. The zero-order valence-corrected chi connectivity index (χ0v) is 17.6. The molecule has 2 rings (SSSR count). The van der Waals surface area contributed by atoms with E-state index in [0.29, 0.717) is 35.1 Å². The van der Waals surface area contributed by atoms with Crippen LogP contribution < -0.4 is 0 Å². The highest BCUT2D eigenvalue weighted by atomic mass is 31.2. The summed E-state index contributed by atoms with van der Waals surface area (Å²) in [5.41, 5.74) is 0.653. The first kappa shape index (κ1) is 25.9. The predicted molar refractivity (Wildman–Crippen MR) is 109 cm³/mol. The van der Waals surface area contributed by atoms with Gasteiger partial charge in [0.25, 0.3) is 0 Å². The molecule has 2 aromatic rings. The summed E-state index contributed by atoms with van der Waals surface area (Å²) in [7, 11) is -0.727. The molecule has 0 amide bonds. The molecule has 0 spiro atoms. The van der Waals surface area contributed by atoms with Crippen molar-refractivity contribution in [2.75, 3.05) is 20.6 Å². The van der Waals surface area contributed by atoms with Crippen molar-refractivity contribution in [3.8, 4) is 6.07 Å². The highest BCUT2D eigenvalue weighted by molar-refractivity contribution is 7.45. The highest BCUT2D eigenvalue weighted by Gasteiger charge is 2.33. The topological polar surface area (TPSA) is 145 Å². The molecule has 164 valence electrons. The summed E-state index contributed by atoms with van der Waals surface area (Å²) < 4.78 is 22.2. The summed E-state index contributed by atoms with van der Waals surface area (Å²) in [6.45, 7) is 0.496. The molecule has 0 aromatic heterocycles. The number of aliphatic hydroxyl groups is 2. The van der Waals surface area contributed by atoms with E-state index < -0.39 is 13.4 Å². The van der Waals surface area contributed by atoms with Crippen molar-refractivity contribution >= 4 is 7.82 Å². The molecule has 0 saturated heterocycles. The molecule has 0 fully saturated rings. The fourth-order valence-corrected chi connectivity index (χ4v) is 3.01. The number of hydrogen-bond donors (Lipinski definition) is 5. The van der Waals surface area contributed by atoms with Crippen LogP contribution in [0.15, 0.2) is 42.5 Å². The van der Waals surface area contributed by atoms with Gasteiger partial charge in [-0.1, -0.05) is 18.2 Å². The molecule has 5 N–H and O–H groups in total. The van der Waals surface area contributed by atoms with E-state index in [9.17, 15) is 14.6 Å². The molecule has 10 heteroatoms. The Balaban J connectivity index is 0.000000804. The maximum atomic E-state index is 13.3. The Hall–Kier alpha value is -2.15. The third kappa shape index (κ3) is 8.30. The molecule has 1 unspecified atom stereocenters. The van der Waals surface area contributed by atoms with Crippen LogP contribution >= 0.6 is 7.82 Å². The van der Waals surface area contributed by atoms with Crippen molar-refractivity contribution in [3.63, 3.8) is 0 Å². The first-order chi connectivity index (χ1) is 13.9. The van der Waals surface area contributed by atoms with Crippen molar-refractivity contribution in [2.45, 2.75) is 25.0 Å². The number of nitrogens with zero attached hydrogens (tertiary/aromatic N) is 2. The maximum Gasteiger partial charge on any atom is 0.466 e. The molecule has 0 saturated carbocycles. The predicted octanol–water partition coefficient (Wildman–Crippen LogP) is 1.84. The van der Waals surface area contributed by atoms with Crippen LogP contribution in [0.4, 0.5) is 4.39 Å². The number of benzene rings is 2. The minimum Gasteiger partial charge on any atom is -0.392 e. The molecule has 0 radical (unpaired) electrons. The van der Waals surface area contributed by atoms with E-state index >= 15 is 0 Å². The van der Waals surface area contributed by atoms with Crippen molar-refractivity contribution < 1.29 is 33.8 Å². The fourth-order valence-electron chi connectivity index (χ4n) is 3.01. The van der Waals surface area contributed by atoms with Crippen LogP contribution in [-0.2, 0) is 16.8 Å². The number of rotatable bonds is 7. The first-order valence-corrected chi connectivity index (χ1v) is 10.5. The average molecular weight is 440 g/mol. The molecule has 8 nitrogen and oxygen atoms in total. The summed E-state index contributed by atoms with van der Waals surface area (Å²) in [6, 6.07) is 12.7. The van der Waals surface area contributed by atoms with Crippen LogP contribution in [-0.4, -0.2) is 50.4 Å². The number of nitriles is 1. The number of hydrogen-bond acceptors (Lipinski definition) is 5. The Morgan fingerprint density at radius 3 is 2.17 bits per heavy atom. The Morgan fingerprint density at radius 1 is 1.13 bits per heavy atom. The second kappa shape index (κ2) is 11.3. The number of aliphatic hydroxyl groups excluding tert-OH is 1. The third-order valence-corrected chi connectivity index (χ3v) is 4.32. The summed E-state index contributed by atoms with van der Waals surface area (Å²) in [5, 5.41) is 30.3. The van der Waals surface area contributed by atoms with Gasteiger partial charge in [0, 0.05) is 0 Å². The number of phosphoric acid groups is 1. The van der Waals surface area contributed by atoms with Gasteiger partial charge < -0.3 is 29.8 Å². The SMILES string of the molecule is CN(C)CCCC(O)(c1ccc(F)cc1)c1ccc(C#N)cc1CO.O=P(O)(O)O. The fraction of sp³-hybridized carbons (Fsp3) is 0.350. The van der Waals surface area contributed by atoms with Gasteiger partial charge in [0.15, 0.2) is 0 Å². The third-order valence-electron chi connectivity index (χ3n) is 4.32. The molecule has 0 aliphatic carbocycles. The Morgan fingerprint density at radius 2 is 1.70 bits per heavy atom. The lowest BCUT2D eigenvalue weighted by molar-refractivity contribution is 0.0640. The van der Waals surface area contributed by atoms with Gasteiger partial charge in [-0.25, -0.2) is 8.96 Å². The molecule has 0 aliphatic rings. The van der Waals surface area contributed by atoms with E-state index in [-0.39, 0.29) is 12.4 Å². The lowest BCUT2D eigenvalue weighted by Crippen LogP contribution is -2.30. The van der Waals surface area contributed by atoms with E-state index in [1.807, 2.05) is 25.1 Å². The van der Waals surface area contributed by atoms with Gasteiger partial charge in [-0.05, 0) is 74.4 Å². The van der Waals surface area contributed by atoms with Crippen LogP contribution in [0, 0.1) is 17.1 Å². The van der Waals surface area contributed by atoms with E-state index in [1.54, 1.807) is 30.3 Å². The van der Waals surface area contributed by atoms with E-state index in [4.69, 9.17) is 24.5 Å². The molecule has 30 heavy (non-hydrogen) atoms. The van der Waals surface area contributed by atoms with Crippen molar-refractivity contribution in [1.82, 2.24) is 4.90 Å². The minimum atomic E-state index is -4.64. The minimum absolute atomic E-state index is 0.290. The summed E-state index contributed by atoms with van der Waals surface area (Å²) >= 11 is 0. The van der Waals surface area contributed by atoms with Crippen LogP contribution in [0.2, 0.25) is 0 Å². The second-order valence-electron chi connectivity index (χ2n) is 6.93. The Kier molecular flexibility index (Phi) is 9.75. The van der Waals surface area contributed by atoms with Gasteiger partial charge in [-0.2, -0.15) is 5.26 Å². The zero-order valence-electron chi connectivity index (χ0n) is 16.7.